The predicted molar refractivity (Wildman–Crippen MR) is 142 cm³/mol. The molecule has 3 aromatic carbocycles. The van der Waals surface area contributed by atoms with E-state index in [0.717, 1.165) is 47.3 Å². The number of benzene rings is 3. The van der Waals surface area contributed by atoms with E-state index in [-0.39, 0.29) is 29.5 Å². The number of amides is 1. The molecule has 0 fully saturated rings. The average Bonchev–Trinajstić information content (AvgIpc) is 3.15. The second kappa shape index (κ2) is 10.2. The van der Waals surface area contributed by atoms with Gasteiger partial charge in [0.2, 0.25) is 5.76 Å². The SMILES string of the molecule is CCCCCOc1ccc(C2c3c(oc4cc(C)cc(C)c4c3=O)C(=O)N2Cc2ccc(F)cc2)cc1. The van der Waals surface area contributed by atoms with Crippen LogP contribution >= 0.6 is 0 Å². The van der Waals surface area contributed by atoms with E-state index in [2.05, 4.69) is 6.92 Å². The Balaban J connectivity index is 1.59. The molecule has 6 heteroatoms. The molecule has 0 saturated carbocycles. The number of ether oxygens (including phenoxy) is 1. The third kappa shape index (κ3) is 4.76. The van der Waals surface area contributed by atoms with Crippen molar-refractivity contribution in [2.45, 2.75) is 52.6 Å². The van der Waals surface area contributed by atoms with Crippen molar-refractivity contribution in [1.29, 1.82) is 0 Å². The topological polar surface area (TPSA) is 59.8 Å². The summed E-state index contributed by atoms with van der Waals surface area (Å²) in [7, 11) is 0. The molecule has 1 unspecified atom stereocenters. The van der Waals surface area contributed by atoms with Crippen molar-refractivity contribution in [2.75, 3.05) is 6.61 Å². The zero-order valence-electron chi connectivity index (χ0n) is 21.3. The first kappa shape index (κ1) is 24.8. The molecule has 0 spiro atoms. The largest absolute Gasteiger partial charge is 0.494 e. The number of carbonyl (C=O) groups is 1. The zero-order chi connectivity index (χ0) is 26.1. The van der Waals surface area contributed by atoms with Gasteiger partial charge < -0.3 is 14.1 Å². The van der Waals surface area contributed by atoms with Gasteiger partial charge in [0.15, 0.2) is 5.43 Å². The van der Waals surface area contributed by atoms with Crippen LogP contribution in [0.1, 0.15) is 70.6 Å². The molecule has 1 aromatic heterocycles. The van der Waals surface area contributed by atoms with E-state index in [0.29, 0.717) is 23.1 Å². The van der Waals surface area contributed by atoms with Gasteiger partial charge in [-0.2, -0.15) is 0 Å². The molecule has 4 aromatic rings. The van der Waals surface area contributed by atoms with Crippen LogP contribution < -0.4 is 10.2 Å². The Morgan fingerprint density at radius 3 is 2.41 bits per heavy atom. The number of fused-ring (bicyclic) bond motifs is 2. The van der Waals surface area contributed by atoms with Gasteiger partial charge in [-0.1, -0.05) is 50.1 Å². The third-order valence-corrected chi connectivity index (χ3v) is 6.89. The van der Waals surface area contributed by atoms with E-state index in [9.17, 15) is 14.0 Å². The molecule has 5 rings (SSSR count). The van der Waals surface area contributed by atoms with E-state index in [1.165, 1.54) is 12.1 Å². The Labute approximate surface area is 215 Å². The molecule has 1 aliphatic heterocycles. The monoisotopic (exact) mass is 499 g/mol. The van der Waals surface area contributed by atoms with Crippen molar-refractivity contribution in [3.63, 3.8) is 0 Å². The molecule has 0 radical (unpaired) electrons. The van der Waals surface area contributed by atoms with E-state index >= 15 is 0 Å². The molecular weight excluding hydrogens is 469 g/mol. The van der Waals surface area contributed by atoms with Gasteiger partial charge in [0, 0.05) is 6.54 Å². The van der Waals surface area contributed by atoms with Gasteiger partial charge >= 0.3 is 0 Å². The highest BCUT2D eigenvalue weighted by Gasteiger charge is 2.42. The molecule has 0 aliphatic carbocycles. The average molecular weight is 500 g/mol. The molecule has 5 nitrogen and oxygen atoms in total. The maximum Gasteiger partial charge on any atom is 0.291 e. The molecule has 2 heterocycles. The van der Waals surface area contributed by atoms with Crippen molar-refractivity contribution < 1.29 is 18.3 Å². The predicted octanol–water partition coefficient (Wildman–Crippen LogP) is 6.86. The molecule has 0 N–H and O–H groups in total. The second-order valence-corrected chi connectivity index (χ2v) is 9.72. The van der Waals surface area contributed by atoms with Crippen molar-refractivity contribution >= 4 is 16.9 Å². The Bertz CT molecular complexity index is 1510. The van der Waals surface area contributed by atoms with Gasteiger partial charge in [-0.05, 0) is 72.9 Å². The summed E-state index contributed by atoms with van der Waals surface area (Å²) in [5, 5.41) is 0.488. The number of unbranched alkanes of at least 4 members (excludes halogenated alkanes) is 2. The minimum absolute atomic E-state index is 0.0644. The van der Waals surface area contributed by atoms with Gasteiger partial charge in [-0.3, -0.25) is 9.59 Å². The van der Waals surface area contributed by atoms with Crippen LogP contribution in [0.2, 0.25) is 0 Å². The van der Waals surface area contributed by atoms with Crippen LogP contribution in [0, 0.1) is 19.7 Å². The molecule has 1 atom stereocenters. The van der Waals surface area contributed by atoms with Crippen molar-refractivity contribution in [3.05, 3.63) is 110 Å². The Hall–Kier alpha value is -3.93. The fourth-order valence-corrected chi connectivity index (χ4v) is 5.10. The summed E-state index contributed by atoms with van der Waals surface area (Å²) < 4.78 is 25.5. The van der Waals surface area contributed by atoms with Crippen LogP contribution in [0.3, 0.4) is 0 Å². The molecule has 1 aliphatic rings. The van der Waals surface area contributed by atoms with Crippen molar-refractivity contribution in [1.82, 2.24) is 4.90 Å². The van der Waals surface area contributed by atoms with Crippen LogP contribution in [-0.4, -0.2) is 17.4 Å². The highest BCUT2D eigenvalue weighted by molar-refractivity contribution is 5.99. The first-order chi connectivity index (χ1) is 17.9. The third-order valence-electron chi connectivity index (χ3n) is 6.89. The van der Waals surface area contributed by atoms with Crippen LogP contribution in [0.25, 0.3) is 11.0 Å². The fraction of sp³-hybridized carbons (Fsp3) is 0.290. The summed E-state index contributed by atoms with van der Waals surface area (Å²) in [6, 6.07) is 16.7. The normalized spacial score (nSPS) is 14.9. The van der Waals surface area contributed by atoms with Gasteiger partial charge in [-0.15, -0.1) is 0 Å². The first-order valence-electron chi connectivity index (χ1n) is 12.7. The van der Waals surface area contributed by atoms with Crippen molar-refractivity contribution in [3.8, 4) is 5.75 Å². The van der Waals surface area contributed by atoms with Gasteiger partial charge in [0.25, 0.3) is 5.91 Å². The summed E-state index contributed by atoms with van der Waals surface area (Å²) in [6.45, 7) is 6.80. The maximum atomic E-state index is 13.9. The van der Waals surface area contributed by atoms with Crippen LogP contribution in [0.15, 0.2) is 69.9 Å². The Morgan fingerprint density at radius 1 is 0.973 bits per heavy atom. The highest BCUT2D eigenvalue weighted by atomic mass is 19.1. The van der Waals surface area contributed by atoms with Gasteiger partial charge in [-0.25, -0.2) is 4.39 Å². The molecular formula is C31H30FNO4. The van der Waals surface area contributed by atoms with E-state index in [1.807, 2.05) is 44.2 Å². The number of carbonyl (C=O) groups excluding carboxylic acids is 1. The minimum Gasteiger partial charge on any atom is -0.494 e. The Kier molecular flexibility index (Phi) is 6.83. The lowest BCUT2D eigenvalue weighted by atomic mass is 9.96. The molecule has 190 valence electrons. The minimum atomic E-state index is -0.636. The lowest BCUT2D eigenvalue weighted by molar-refractivity contribution is 0.0714. The lowest BCUT2D eigenvalue weighted by Crippen LogP contribution is -2.29. The Morgan fingerprint density at radius 2 is 1.70 bits per heavy atom. The quantitative estimate of drug-likeness (QED) is 0.248. The maximum absolute atomic E-state index is 13.9. The van der Waals surface area contributed by atoms with Crippen LogP contribution in [-0.2, 0) is 6.54 Å². The fourth-order valence-electron chi connectivity index (χ4n) is 5.10. The van der Waals surface area contributed by atoms with Crippen molar-refractivity contribution in [2.24, 2.45) is 0 Å². The lowest BCUT2D eigenvalue weighted by Gasteiger charge is -2.25. The van der Waals surface area contributed by atoms with Gasteiger partial charge in [0.05, 0.1) is 23.6 Å². The number of halogens is 1. The van der Waals surface area contributed by atoms with E-state index in [1.54, 1.807) is 23.1 Å². The van der Waals surface area contributed by atoms with E-state index in [4.69, 9.17) is 9.15 Å². The second-order valence-electron chi connectivity index (χ2n) is 9.72. The molecule has 0 saturated heterocycles. The summed E-state index contributed by atoms with van der Waals surface area (Å²) in [5.41, 5.74) is 3.85. The zero-order valence-corrected chi connectivity index (χ0v) is 21.3. The molecule has 0 bridgehead atoms. The highest BCUT2D eigenvalue weighted by Crippen LogP contribution is 2.40. The number of nitrogens with zero attached hydrogens (tertiary/aromatic N) is 1. The smallest absolute Gasteiger partial charge is 0.291 e. The molecule has 37 heavy (non-hydrogen) atoms. The van der Waals surface area contributed by atoms with E-state index < -0.39 is 6.04 Å². The summed E-state index contributed by atoms with van der Waals surface area (Å²) in [4.78, 5) is 29.2. The summed E-state index contributed by atoms with van der Waals surface area (Å²) in [5.74, 6) is 0.100. The number of rotatable bonds is 8. The number of aryl methyl sites for hydroxylation is 2. The standard InChI is InChI=1S/C31H30FNO4/c1-4-5-6-15-36-24-13-9-22(10-14-24)28-27-29(34)26-20(3)16-19(2)17-25(26)37-30(27)31(35)33(28)18-21-7-11-23(32)12-8-21/h7-14,16-17,28H,4-6,15,18H2,1-3H3. The first-order valence-corrected chi connectivity index (χ1v) is 12.7. The van der Waals surface area contributed by atoms with Crippen LogP contribution in [0.4, 0.5) is 4.39 Å². The summed E-state index contributed by atoms with van der Waals surface area (Å²) >= 11 is 0. The summed E-state index contributed by atoms with van der Waals surface area (Å²) in [6.07, 6.45) is 3.22. The number of hydrogen-bond donors (Lipinski definition) is 0. The number of hydrogen-bond acceptors (Lipinski definition) is 4. The van der Waals surface area contributed by atoms with Gasteiger partial charge in [0.1, 0.15) is 17.1 Å². The molecule has 1 amide bonds. The van der Waals surface area contributed by atoms with Crippen LogP contribution in [0.5, 0.6) is 5.75 Å².